The molecule has 1 aromatic carbocycles. The molecule has 1 fully saturated rings. The second kappa shape index (κ2) is 9.46. The van der Waals surface area contributed by atoms with Gasteiger partial charge in [-0.25, -0.2) is 10.2 Å². The number of hydrogen-bond acceptors (Lipinski definition) is 8. The first-order valence-electron chi connectivity index (χ1n) is 8.11. The van der Waals surface area contributed by atoms with Gasteiger partial charge in [0, 0.05) is 22.9 Å². The van der Waals surface area contributed by atoms with Crippen molar-refractivity contribution in [1.82, 2.24) is 31.1 Å². The molecule has 0 radical (unpaired) electrons. The lowest BCUT2D eigenvalue weighted by atomic mass is 10.3. The van der Waals surface area contributed by atoms with Crippen LogP contribution in [-0.2, 0) is 11.3 Å². The summed E-state index contributed by atoms with van der Waals surface area (Å²) in [6.07, 6.45) is 0. The Morgan fingerprint density at radius 3 is 2.78 bits per heavy atom. The van der Waals surface area contributed by atoms with Crippen LogP contribution >= 0.6 is 23.5 Å². The van der Waals surface area contributed by atoms with Crippen molar-refractivity contribution in [1.29, 1.82) is 0 Å². The Morgan fingerprint density at radius 2 is 2.07 bits per heavy atom. The van der Waals surface area contributed by atoms with Crippen molar-refractivity contribution in [2.45, 2.75) is 11.8 Å². The molecule has 1 aliphatic heterocycles. The third-order valence-electron chi connectivity index (χ3n) is 3.52. The molecule has 27 heavy (non-hydrogen) atoms. The Hall–Kier alpha value is -2.47. The molecule has 0 aliphatic carbocycles. The molecule has 1 saturated heterocycles. The molecule has 2 heterocycles. The Balaban J connectivity index is 1.42. The number of nitrogens with one attached hydrogen (secondary N) is 3. The first-order valence-corrected chi connectivity index (χ1v) is 10.3. The average Bonchev–Trinajstić information content (AvgIpc) is 3.16. The Kier molecular flexibility index (Phi) is 6.76. The predicted octanol–water partition coefficient (Wildman–Crippen LogP) is 1.06. The highest BCUT2D eigenvalue weighted by Gasteiger charge is 2.21. The van der Waals surface area contributed by atoms with E-state index in [2.05, 4.69) is 31.6 Å². The van der Waals surface area contributed by atoms with E-state index in [4.69, 9.17) is 4.74 Å². The maximum atomic E-state index is 11.9. The molecule has 1 unspecified atom stereocenters. The standard InChI is InChI=1S/C15H19N7O3S2/c1-25-11-4-2-10(3-5-11)16-15(24)19-17-13(23)8-22-20-14(18-21-22)12-9-26-6-7-27-12/h2-5,12H,6-9H2,1H3,(H,17,23)(H2,16,19,24). The highest BCUT2D eigenvalue weighted by atomic mass is 32.2. The molecular formula is C15H19N7O3S2. The van der Waals surface area contributed by atoms with E-state index in [0.717, 1.165) is 17.3 Å². The number of methoxy groups -OCH3 is 1. The van der Waals surface area contributed by atoms with Gasteiger partial charge in [-0.15, -0.1) is 22.0 Å². The van der Waals surface area contributed by atoms with Crippen LogP contribution in [0.5, 0.6) is 5.75 Å². The molecule has 0 saturated carbocycles. The summed E-state index contributed by atoms with van der Waals surface area (Å²) in [5.41, 5.74) is 5.13. The molecule has 3 rings (SSSR count). The van der Waals surface area contributed by atoms with E-state index in [1.54, 1.807) is 43.1 Å². The highest BCUT2D eigenvalue weighted by molar-refractivity contribution is 8.06. The number of benzene rings is 1. The van der Waals surface area contributed by atoms with E-state index in [1.165, 1.54) is 4.80 Å². The molecule has 0 bridgehead atoms. The normalized spacial score (nSPS) is 16.4. The number of carbonyl (C=O) groups excluding carboxylic acids is 2. The number of ether oxygens (including phenoxy) is 1. The summed E-state index contributed by atoms with van der Waals surface area (Å²) in [4.78, 5) is 25.0. The second-order valence-corrected chi connectivity index (χ2v) is 7.93. The summed E-state index contributed by atoms with van der Waals surface area (Å²) < 4.78 is 5.04. The van der Waals surface area contributed by atoms with E-state index in [1.807, 2.05) is 11.8 Å². The summed E-state index contributed by atoms with van der Waals surface area (Å²) in [7, 11) is 1.56. The quantitative estimate of drug-likeness (QED) is 0.627. The zero-order valence-corrected chi connectivity index (χ0v) is 16.2. The average molecular weight is 409 g/mol. The number of tetrazole rings is 1. The predicted molar refractivity (Wildman–Crippen MR) is 104 cm³/mol. The topological polar surface area (TPSA) is 123 Å². The number of carbonyl (C=O) groups is 2. The molecule has 144 valence electrons. The van der Waals surface area contributed by atoms with Crippen LogP contribution in [0.4, 0.5) is 10.5 Å². The number of amides is 3. The Labute approximate surface area is 164 Å². The van der Waals surface area contributed by atoms with Gasteiger partial charge in [-0.2, -0.15) is 16.6 Å². The number of urea groups is 1. The van der Waals surface area contributed by atoms with Gasteiger partial charge in [0.1, 0.15) is 12.3 Å². The number of hydrogen-bond donors (Lipinski definition) is 3. The van der Waals surface area contributed by atoms with Crippen LogP contribution in [0, 0.1) is 0 Å². The van der Waals surface area contributed by atoms with Crippen LogP contribution in [-0.4, -0.2) is 56.5 Å². The number of rotatable bonds is 5. The fraction of sp³-hybridized carbons (Fsp3) is 0.400. The third kappa shape index (κ3) is 5.76. The van der Waals surface area contributed by atoms with Crippen LogP contribution in [0.1, 0.15) is 11.1 Å². The van der Waals surface area contributed by atoms with Crippen molar-refractivity contribution in [3.63, 3.8) is 0 Å². The molecule has 3 amide bonds. The van der Waals surface area contributed by atoms with E-state index >= 15 is 0 Å². The summed E-state index contributed by atoms with van der Waals surface area (Å²) in [6, 6.07) is 6.22. The summed E-state index contributed by atoms with van der Waals surface area (Å²) in [6.45, 7) is -0.139. The van der Waals surface area contributed by atoms with Gasteiger partial charge in [-0.1, -0.05) is 0 Å². The van der Waals surface area contributed by atoms with Crippen molar-refractivity contribution < 1.29 is 14.3 Å². The minimum atomic E-state index is -0.573. The molecule has 3 N–H and O–H groups in total. The first kappa shape index (κ1) is 19.3. The zero-order chi connectivity index (χ0) is 19.1. The maximum absolute atomic E-state index is 11.9. The van der Waals surface area contributed by atoms with Crippen LogP contribution in [0.25, 0.3) is 0 Å². The molecule has 1 aliphatic rings. The number of thioether (sulfide) groups is 2. The smallest absolute Gasteiger partial charge is 0.337 e. The lowest BCUT2D eigenvalue weighted by Gasteiger charge is -2.17. The highest BCUT2D eigenvalue weighted by Crippen LogP contribution is 2.34. The SMILES string of the molecule is COc1ccc(NC(=O)NNC(=O)Cn2nnc(C3CSCCS3)n2)cc1. The van der Waals surface area contributed by atoms with Gasteiger partial charge in [0.15, 0.2) is 5.82 Å². The molecular weight excluding hydrogens is 390 g/mol. The van der Waals surface area contributed by atoms with E-state index < -0.39 is 11.9 Å². The third-order valence-corrected chi connectivity index (χ3v) is 6.27. The molecule has 0 spiro atoms. The van der Waals surface area contributed by atoms with E-state index in [0.29, 0.717) is 17.3 Å². The van der Waals surface area contributed by atoms with Crippen molar-refractivity contribution in [2.24, 2.45) is 0 Å². The molecule has 1 atom stereocenters. The summed E-state index contributed by atoms with van der Waals surface area (Å²) in [5.74, 6) is 3.97. The Bertz CT molecular complexity index is 778. The van der Waals surface area contributed by atoms with Gasteiger partial charge in [0.25, 0.3) is 5.91 Å². The lowest BCUT2D eigenvalue weighted by molar-refractivity contribution is -0.122. The van der Waals surface area contributed by atoms with Gasteiger partial charge in [-0.3, -0.25) is 10.2 Å². The minimum Gasteiger partial charge on any atom is -0.497 e. The van der Waals surface area contributed by atoms with Crippen LogP contribution in [0.3, 0.4) is 0 Å². The second-order valence-electron chi connectivity index (χ2n) is 5.47. The summed E-state index contributed by atoms with van der Waals surface area (Å²) >= 11 is 3.65. The summed E-state index contributed by atoms with van der Waals surface area (Å²) in [5, 5.41) is 14.9. The molecule has 2 aromatic rings. The van der Waals surface area contributed by atoms with Gasteiger partial charge in [0.05, 0.1) is 12.4 Å². The van der Waals surface area contributed by atoms with Crippen LogP contribution < -0.4 is 20.9 Å². The van der Waals surface area contributed by atoms with Crippen LogP contribution in [0.2, 0.25) is 0 Å². The van der Waals surface area contributed by atoms with Gasteiger partial charge < -0.3 is 10.1 Å². The van der Waals surface area contributed by atoms with Crippen molar-refractivity contribution in [3.8, 4) is 5.75 Å². The number of nitrogens with zero attached hydrogens (tertiary/aromatic N) is 4. The first-order chi connectivity index (χ1) is 13.1. The van der Waals surface area contributed by atoms with Gasteiger partial charge >= 0.3 is 6.03 Å². The van der Waals surface area contributed by atoms with Gasteiger partial charge in [0.2, 0.25) is 0 Å². The van der Waals surface area contributed by atoms with Crippen molar-refractivity contribution in [2.75, 3.05) is 29.7 Å². The monoisotopic (exact) mass is 409 g/mol. The van der Waals surface area contributed by atoms with Crippen LogP contribution in [0.15, 0.2) is 24.3 Å². The Morgan fingerprint density at radius 1 is 1.26 bits per heavy atom. The number of anilines is 1. The van der Waals surface area contributed by atoms with E-state index in [9.17, 15) is 9.59 Å². The fourth-order valence-corrected chi connectivity index (χ4v) is 4.81. The number of hydrazine groups is 1. The zero-order valence-electron chi connectivity index (χ0n) is 14.5. The largest absolute Gasteiger partial charge is 0.497 e. The number of aromatic nitrogens is 4. The molecule has 12 heteroatoms. The van der Waals surface area contributed by atoms with E-state index in [-0.39, 0.29) is 11.8 Å². The van der Waals surface area contributed by atoms with Crippen molar-refractivity contribution in [3.05, 3.63) is 30.1 Å². The lowest BCUT2D eigenvalue weighted by Crippen LogP contribution is -2.45. The maximum Gasteiger partial charge on any atom is 0.337 e. The van der Waals surface area contributed by atoms with Gasteiger partial charge in [-0.05, 0) is 29.5 Å². The fourth-order valence-electron chi connectivity index (χ4n) is 2.22. The van der Waals surface area contributed by atoms with Crippen molar-refractivity contribution >= 4 is 41.1 Å². The molecule has 10 nitrogen and oxygen atoms in total. The minimum absolute atomic E-state index is 0.139. The molecule has 1 aromatic heterocycles.